The fourth-order valence-electron chi connectivity index (χ4n) is 7.03. The SMILES string of the molecule is COc1cc(C(=O)N2CCC[C@@H](N)C2)cc2nc(-c3cc4ccc5nc4n3CCCCCc3c(cnn3C)C(=O)N[C@@H]5C)n(C)c12. The van der Waals surface area contributed by atoms with E-state index in [1.54, 1.807) is 18.0 Å². The van der Waals surface area contributed by atoms with Crippen LogP contribution in [0.1, 0.15) is 77.2 Å². The van der Waals surface area contributed by atoms with Gasteiger partial charge in [-0.1, -0.05) is 6.42 Å². The third kappa shape index (κ3) is 5.20. The minimum absolute atomic E-state index is 0.00413. The van der Waals surface area contributed by atoms with E-state index in [9.17, 15) is 9.59 Å². The number of carbonyl (C=O) groups excluding carboxylic acids is 2. The Labute approximate surface area is 267 Å². The second-order valence-corrected chi connectivity index (χ2v) is 12.7. The summed E-state index contributed by atoms with van der Waals surface area (Å²) in [6.07, 6.45) is 7.11. The molecule has 2 atom stereocenters. The van der Waals surface area contributed by atoms with Crippen molar-refractivity contribution in [2.45, 2.75) is 64.1 Å². The first kappa shape index (κ1) is 30.0. The molecule has 12 heteroatoms. The van der Waals surface area contributed by atoms with Crippen LogP contribution in [0.2, 0.25) is 0 Å². The number of nitrogens with two attached hydrogens (primary N) is 1. The molecule has 240 valence electrons. The van der Waals surface area contributed by atoms with Gasteiger partial charge in [0.2, 0.25) is 0 Å². The highest BCUT2D eigenvalue weighted by Gasteiger charge is 2.26. The maximum absolute atomic E-state index is 13.5. The first-order valence-electron chi connectivity index (χ1n) is 16.1. The maximum Gasteiger partial charge on any atom is 0.255 e. The molecule has 0 radical (unpaired) electrons. The number of aromatic nitrogens is 6. The van der Waals surface area contributed by atoms with Crippen molar-refractivity contribution in [1.29, 1.82) is 0 Å². The van der Waals surface area contributed by atoms with E-state index in [4.69, 9.17) is 20.4 Å². The summed E-state index contributed by atoms with van der Waals surface area (Å²) < 4.78 is 11.9. The van der Waals surface area contributed by atoms with Crippen molar-refractivity contribution in [3.05, 3.63) is 59.0 Å². The number of methoxy groups -OCH3 is 1. The van der Waals surface area contributed by atoms with E-state index in [1.165, 1.54) is 0 Å². The van der Waals surface area contributed by atoms with Crippen LogP contribution in [-0.4, -0.2) is 71.8 Å². The highest BCUT2D eigenvalue weighted by Crippen LogP contribution is 2.35. The van der Waals surface area contributed by atoms with E-state index in [0.29, 0.717) is 35.5 Å². The van der Waals surface area contributed by atoms with Gasteiger partial charge in [-0.2, -0.15) is 5.10 Å². The van der Waals surface area contributed by atoms with Crippen molar-refractivity contribution in [3.63, 3.8) is 0 Å². The quantitative estimate of drug-likeness (QED) is 0.309. The van der Waals surface area contributed by atoms with Crippen LogP contribution in [0.15, 0.2) is 36.5 Å². The number of hydrogen-bond acceptors (Lipinski definition) is 7. The Morgan fingerprint density at radius 1 is 1.07 bits per heavy atom. The molecule has 1 fully saturated rings. The van der Waals surface area contributed by atoms with Gasteiger partial charge in [0.1, 0.15) is 16.9 Å². The van der Waals surface area contributed by atoms with Gasteiger partial charge in [0.05, 0.1) is 47.5 Å². The van der Waals surface area contributed by atoms with Crippen LogP contribution in [0.5, 0.6) is 5.75 Å². The number of nitrogens with one attached hydrogen (secondary N) is 1. The molecular weight excluding hydrogens is 582 g/mol. The number of fused-ring (bicyclic) bond motifs is 3. The fraction of sp³-hybridized carbons (Fsp3) is 0.441. The topological polar surface area (TPSA) is 138 Å². The number of benzene rings is 1. The molecule has 4 aromatic heterocycles. The van der Waals surface area contributed by atoms with E-state index < -0.39 is 0 Å². The van der Waals surface area contributed by atoms with Gasteiger partial charge in [-0.05, 0) is 69.4 Å². The van der Waals surface area contributed by atoms with Gasteiger partial charge in [0.25, 0.3) is 11.8 Å². The highest BCUT2D eigenvalue weighted by atomic mass is 16.5. The lowest BCUT2D eigenvalue weighted by Gasteiger charge is -2.30. The Balaban J connectivity index is 1.30. The number of amides is 2. The molecular formula is C34H41N9O3. The number of hydrogen-bond donors (Lipinski definition) is 2. The second-order valence-electron chi connectivity index (χ2n) is 12.7. The van der Waals surface area contributed by atoms with Crippen LogP contribution in [-0.2, 0) is 27.1 Å². The molecule has 2 aliphatic heterocycles. The number of piperidine rings is 1. The van der Waals surface area contributed by atoms with Crippen molar-refractivity contribution in [3.8, 4) is 17.3 Å². The van der Waals surface area contributed by atoms with E-state index in [0.717, 1.165) is 84.5 Å². The largest absolute Gasteiger partial charge is 0.494 e. The summed E-state index contributed by atoms with van der Waals surface area (Å²) in [6.45, 7) is 3.96. The highest BCUT2D eigenvalue weighted by molar-refractivity contribution is 6.00. The lowest BCUT2D eigenvalue weighted by molar-refractivity contribution is 0.0708. The first-order chi connectivity index (χ1) is 22.2. The minimum Gasteiger partial charge on any atom is -0.494 e. The first-order valence-corrected chi connectivity index (χ1v) is 16.1. The third-order valence-corrected chi connectivity index (χ3v) is 9.53. The zero-order valence-electron chi connectivity index (χ0n) is 26.9. The number of pyridine rings is 1. The standard InChI is InChI=1S/C34H41N9O3/c1-20-25-12-11-21-16-28(43(31(21)38-25)14-7-5-6-10-27-24(33(44)37-20)18-36-41(27)3)32-39-26-15-22(17-29(46-4)30(26)40(32)2)34(45)42-13-8-9-23(35)19-42/h11-12,15-18,20,23H,5-10,13-14,19,35H2,1-4H3,(H,37,44)/t20-,23-/m1/s1. The fourth-order valence-corrected chi connectivity index (χ4v) is 7.03. The van der Waals surface area contributed by atoms with Crippen molar-refractivity contribution >= 4 is 33.9 Å². The van der Waals surface area contributed by atoms with Gasteiger partial charge in [-0.15, -0.1) is 0 Å². The molecule has 0 saturated carbocycles. The predicted octanol–water partition coefficient (Wildman–Crippen LogP) is 4.11. The van der Waals surface area contributed by atoms with Crippen LogP contribution in [0.4, 0.5) is 0 Å². The smallest absolute Gasteiger partial charge is 0.255 e. The van der Waals surface area contributed by atoms with Gasteiger partial charge in [-0.25, -0.2) is 9.97 Å². The van der Waals surface area contributed by atoms with Crippen LogP contribution in [0.25, 0.3) is 33.6 Å². The Hall–Kier alpha value is -4.71. The van der Waals surface area contributed by atoms with Crippen molar-refractivity contribution < 1.29 is 14.3 Å². The summed E-state index contributed by atoms with van der Waals surface area (Å²) in [5.74, 6) is 1.17. The van der Waals surface area contributed by atoms with Crippen LogP contribution in [0, 0.1) is 0 Å². The van der Waals surface area contributed by atoms with Crippen molar-refractivity contribution in [1.82, 2.24) is 39.1 Å². The summed E-state index contributed by atoms with van der Waals surface area (Å²) in [6, 6.07) is 9.53. The molecule has 12 nitrogen and oxygen atoms in total. The van der Waals surface area contributed by atoms with Gasteiger partial charge in [-0.3, -0.25) is 14.3 Å². The molecule has 2 bridgehead atoms. The minimum atomic E-state index is -0.301. The Bertz CT molecular complexity index is 1970. The van der Waals surface area contributed by atoms with Crippen molar-refractivity contribution in [2.75, 3.05) is 20.2 Å². The predicted molar refractivity (Wildman–Crippen MR) is 176 cm³/mol. The number of nitrogens with zero attached hydrogens (tertiary/aromatic N) is 7. The molecule has 6 heterocycles. The molecule has 2 amide bonds. The number of imidazole rings is 1. The number of ether oxygens (including phenoxy) is 1. The van der Waals surface area contributed by atoms with E-state index in [1.807, 2.05) is 48.7 Å². The molecule has 7 rings (SSSR count). The van der Waals surface area contributed by atoms with Crippen LogP contribution >= 0.6 is 0 Å². The average Bonchev–Trinajstić information content (AvgIpc) is 3.71. The molecule has 2 aliphatic rings. The lowest BCUT2D eigenvalue weighted by atomic mass is 10.0. The number of carbonyl (C=O) groups is 2. The molecule has 1 aromatic carbocycles. The Morgan fingerprint density at radius 2 is 1.91 bits per heavy atom. The summed E-state index contributed by atoms with van der Waals surface area (Å²) in [4.78, 5) is 38.8. The third-order valence-electron chi connectivity index (χ3n) is 9.53. The summed E-state index contributed by atoms with van der Waals surface area (Å²) >= 11 is 0. The zero-order valence-corrected chi connectivity index (χ0v) is 26.9. The Morgan fingerprint density at radius 3 is 2.72 bits per heavy atom. The maximum atomic E-state index is 13.5. The van der Waals surface area contributed by atoms with Gasteiger partial charge in [0, 0.05) is 50.7 Å². The van der Waals surface area contributed by atoms with Gasteiger partial charge < -0.3 is 29.8 Å². The second kappa shape index (κ2) is 11.9. The molecule has 1 saturated heterocycles. The monoisotopic (exact) mass is 623 g/mol. The van der Waals surface area contributed by atoms with Crippen LogP contribution < -0.4 is 15.8 Å². The summed E-state index contributed by atoms with van der Waals surface area (Å²) in [5.41, 5.74) is 12.4. The molecule has 0 spiro atoms. The van der Waals surface area contributed by atoms with E-state index in [-0.39, 0.29) is 23.9 Å². The molecule has 0 unspecified atom stereocenters. The number of likely N-dealkylation sites (tertiary alicyclic amines) is 1. The molecule has 3 N–H and O–H groups in total. The van der Waals surface area contributed by atoms with Gasteiger partial charge in [0.15, 0.2) is 5.82 Å². The molecule has 46 heavy (non-hydrogen) atoms. The zero-order chi connectivity index (χ0) is 32.1. The molecule has 5 aromatic rings. The Kier molecular flexibility index (Phi) is 7.75. The van der Waals surface area contributed by atoms with Crippen molar-refractivity contribution in [2.24, 2.45) is 19.8 Å². The molecule has 0 aliphatic carbocycles. The van der Waals surface area contributed by atoms with E-state index >= 15 is 0 Å². The summed E-state index contributed by atoms with van der Waals surface area (Å²) in [5, 5.41) is 8.49. The normalized spacial score (nSPS) is 19.3. The lowest BCUT2D eigenvalue weighted by Crippen LogP contribution is -2.45. The number of rotatable bonds is 3. The summed E-state index contributed by atoms with van der Waals surface area (Å²) in [7, 11) is 5.49. The van der Waals surface area contributed by atoms with Gasteiger partial charge >= 0.3 is 0 Å². The van der Waals surface area contributed by atoms with Crippen LogP contribution in [0.3, 0.4) is 0 Å². The average molecular weight is 624 g/mol. The van der Waals surface area contributed by atoms with E-state index in [2.05, 4.69) is 27.1 Å². The number of aryl methyl sites for hydroxylation is 3.